The van der Waals surface area contributed by atoms with Crippen LogP contribution >= 0.6 is 0 Å². The molecular formula is C12H22N2O. The van der Waals surface area contributed by atoms with Crippen molar-refractivity contribution in [2.75, 3.05) is 13.1 Å². The average Bonchev–Trinajstić information content (AvgIpc) is 2.99. The first-order chi connectivity index (χ1) is 7.19. The zero-order valence-corrected chi connectivity index (χ0v) is 9.83. The van der Waals surface area contributed by atoms with Gasteiger partial charge < -0.3 is 5.32 Å². The van der Waals surface area contributed by atoms with E-state index in [9.17, 15) is 4.79 Å². The molecule has 2 fully saturated rings. The Balaban J connectivity index is 1.90. The van der Waals surface area contributed by atoms with E-state index in [2.05, 4.69) is 17.1 Å². The van der Waals surface area contributed by atoms with Gasteiger partial charge in [0.1, 0.15) is 0 Å². The Hall–Kier alpha value is -0.570. The molecule has 0 aromatic rings. The van der Waals surface area contributed by atoms with Crippen molar-refractivity contribution in [3.05, 3.63) is 0 Å². The number of amides is 1. The molecule has 0 spiro atoms. The van der Waals surface area contributed by atoms with Crippen LogP contribution in [0.1, 0.15) is 39.5 Å². The highest BCUT2D eigenvalue weighted by Gasteiger charge is 2.35. The van der Waals surface area contributed by atoms with E-state index in [4.69, 9.17) is 0 Å². The fourth-order valence-electron chi connectivity index (χ4n) is 2.67. The summed E-state index contributed by atoms with van der Waals surface area (Å²) in [5.41, 5.74) is 0. The standard InChI is InChI=1S/C12H22N2O/c1-3-10-6-11(13-9(2)15)8-14(7-10)12-4-5-12/h10-12H,3-8H2,1-2H3,(H,13,15). The van der Waals surface area contributed by atoms with Crippen LogP contribution in [0.3, 0.4) is 0 Å². The molecule has 1 N–H and O–H groups in total. The maximum atomic E-state index is 11.1. The molecule has 1 saturated heterocycles. The lowest BCUT2D eigenvalue weighted by Gasteiger charge is -2.37. The minimum absolute atomic E-state index is 0.118. The van der Waals surface area contributed by atoms with Crippen molar-refractivity contribution in [2.45, 2.75) is 51.6 Å². The van der Waals surface area contributed by atoms with Crippen LogP contribution in [0.5, 0.6) is 0 Å². The lowest BCUT2D eigenvalue weighted by Crippen LogP contribution is -2.50. The third-order valence-corrected chi connectivity index (χ3v) is 3.61. The SMILES string of the molecule is CCC1CC(NC(C)=O)CN(C2CC2)C1. The Bertz CT molecular complexity index is 238. The maximum absolute atomic E-state index is 11.1. The summed E-state index contributed by atoms with van der Waals surface area (Å²) in [6.45, 7) is 6.20. The van der Waals surface area contributed by atoms with E-state index in [1.54, 1.807) is 6.92 Å². The van der Waals surface area contributed by atoms with Crippen molar-refractivity contribution in [3.63, 3.8) is 0 Å². The highest BCUT2D eigenvalue weighted by Crippen LogP contribution is 2.31. The summed E-state index contributed by atoms with van der Waals surface area (Å²) in [6.07, 6.45) is 5.13. The second-order valence-corrected chi connectivity index (χ2v) is 5.09. The lowest BCUT2D eigenvalue weighted by molar-refractivity contribution is -0.120. The van der Waals surface area contributed by atoms with Crippen LogP contribution in [-0.4, -0.2) is 36.0 Å². The van der Waals surface area contributed by atoms with Crippen molar-refractivity contribution in [1.29, 1.82) is 0 Å². The van der Waals surface area contributed by atoms with Crippen LogP contribution in [0.25, 0.3) is 0 Å². The van der Waals surface area contributed by atoms with Gasteiger partial charge in [-0.2, -0.15) is 0 Å². The van der Waals surface area contributed by atoms with E-state index in [-0.39, 0.29) is 5.91 Å². The largest absolute Gasteiger partial charge is 0.352 e. The van der Waals surface area contributed by atoms with Gasteiger partial charge in [-0.1, -0.05) is 13.3 Å². The molecule has 1 aliphatic heterocycles. The minimum atomic E-state index is 0.118. The van der Waals surface area contributed by atoms with Gasteiger partial charge in [-0.25, -0.2) is 0 Å². The van der Waals surface area contributed by atoms with Crippen LogP contribution in [0.15, 0.2) is 0 Å². The van der Waals surface area contributed by atoms with E-state index in [1.807, 2.05) is 0 Å². The minimum Gasteiger partial charge on any atom is -0.352 e. The molecule has 1 heterocycles. The maximum Gasteiger partial charge on any atom is 0.217 e. The monoisotopic (exact) mass is 210 g/mol. The number of hydrogen-bond acceptors (Lipinski definition) is 2. The molecular weight excluding hydrogens is 188 g/mol. The number of carbonyl (C=O) groups is 1. The molecule has 1 amide bonds. The lowest BCUT2D eigenvalue weighted by atomic mass is 9.92. The van der Waals surface area contributed by atoms with Crippen molar-refractivity contribution < 1.29 is 4.79 Å². The number of nitrogens with one attached hydrogen (secondary N) is 1. The summed E-state index contributed by atoms with van der Waals surface area (Å²) in [6, 6.07) is 1.22. The second kappa shape index (κ2) is 4.52. The van der Waals surface area contributed by atoms with Crippen LogP contribution in [-0.2, 0) is 4.79 Å². The van der Waals surface area contributed by atoms with E-state index in [1.165, 1.54) is 32.2 Å². The summed E-state index contributed by atoms with van der Waals surface area (Å²) in [5.74, 6) is 0.892. The van der Waals surface area contributed by atoms with Gasteiger partial charge in [0.2, 0.25) is 5.91 Å². The number of likely N-dealkylation sites (tertiary alicyclic amines) is 1. The van der Waals surface area contributed by atoms with Gasteiger partial charge in [0, 0.05) is 32.1 Å². The Labute approximate surface area is 92.2 Å². The molecule has 15 heavy (non-hydrogen) atoms. The Morgan fingerprint density at radius 2 is 2.13 bits per heavy atom. The highest BCUT2D eigenvalue weighted by atomic mass is 16.1. The quantitative estimate of drug-likeness (QED) is 0.763. The molecule has 86 valence electrons. The van der Waals surface area contributed by atoms with E-state index < -0.39 is 0 Å². The first-order valence-corrected chi connectivity index (χ1v) is 6.20. The molecule has 0 radical (unpaired) electrons. The van der Waals surface area contributed by atoms with Crippen LogP contribution < -0.4 is 5.32 Å². The number of piperidine rings is 1. The highest BCUT2D eigenvalue weighted by molar-refractivity contribution is 5.73. The number of rotatable bonds is 3. The van der Waals surface area contributed by atoms with Gasteiger partial charge in [0.05, 0.1) is 0 Å². The van der Waals surface area contributed by atoms with Crippen molar-refractivity contribution in [3.8, 4) is 0 Å². The summed E-state index contributed by atoms with van der Waals surface area (Å²) in [7, 11) is 0. The zero-order valence-electron chi connectivity index (χ0n) is 9.83. The molecule has 2 rings (SSSR count). The zero-order chi connectivity index (χ0) is 10.8. The number of carbonyl (C=O) groups excluding carboxylic acids is 1. The fourth-order valence-corrected chi connectivity index (χ4v) is 2.67. The molecule has 1 saturated carbocycles. The molecule has 2 atom stereocenters. The summed E-state index contributed by atoms with van der Waals surface area (Å²) in [4.78, 5) is 13.7. The molecule has 1 aliphatic carbocycles. The third-order valence-electron chi connectivity index (χ3n) is 3.61. The van der Waals surface area contributed by atoms with Crippen molar-refractivity contribution in [1.82, 2.24) is 10.2 Å². The smallest absolute Gasteiger partial charge is 0.217 e. The van der Waals surface area contributed by atoms with Crippen LogP contribution in [0.4, 0.5) is 0 Å². The predicted octanol–water partition coefficient (Wildman–Crippen LogP) is 1.39. The molecule has 3 nitrogen and oxygen atoms in total. The topological polar surface area (TPSA) is 32.3 Å². The fraction of sp³-hybridized carbons (Fsp3) is 0.917. The number of hydrogen-bond donors (Lipinski definition) is 1. The van der Waals surface area contributed by atoms with Gasteiger partial charge in [-0.3, -0.25) is 9.69 Å². The molecule has 0 aromatic carbocycles. The molecule has 2 aliphatic rings. The Kier molecular flexibility index (Phi) is 3.29. The first-order valence-electron chi connectivity index (χ1n) is 6.20. The van der Waals surface area contributed by atoms with Crippen LogP contribution in [0.2, 0.25) is 0 Å². The van der Waals surface area contributed by atoms with Gasteiger partial charge in [0.15, 0.2) is 0 Å². The summed E-state index contributed by atoms with van der Waals surface area (Å²) >= 11 is 0. The van der Waals surface area contributed by atoms with Crippen LogP contribution in [0, 0.1) is 5.92 Å². The first kappa shape index (κ1) is 10.9. The van der Waals surface area contributed by atoms with Crippen molar-refractivity contribution >= 4 is 5.91 Å². The van der Waals surface area contributed by atoms with Gasteiger partial charge in [-0.05, 0) is 25.2 Å². The Morgan fingerprint density at radius 3 is 2.67 bits per heavy atom. The molecule has 3 heteroatoms. The molecule has 0 aromatic heterocycles. The van der Waals surface area contributed by atoms with E-state index >= 15 is 0 Å². The predicted molar refractivity (Wildman–Crippen MR) is 60.6 cm³/mol. The molecule has 2 unspecified atom stereocenters. The summed E-state index contributed by atoms with van der Waals surface area (Å²) in [5, 5.41) is 3.08. The van der Waals surface area contributed by atoms with E-state index in [0.717, 1.165) is 18.5 Å². The van der Waals surface area contributed by atoms with Gasteiger partial charge in [-0.15, -0.1) is 0 Å². The molecule has 0 bridgehead atoms. The average molecular weight is 210 g/mol. The normalized spacial score (nSPS) is 32.7. The third kappa shape index (κ3) is 2.94. The van der Waals surface area contributed by atoms with Gasteiger partial charge >= 0.3 is 0 Å². The van der Waals surface area contributed by atoms with E-state index in [0.29, 0.717) is 6.04 Å². The summed E-state index contributed by atoms with van der Waals surface area (Å²) < 4.78 is 0. The number of nitrogens with zero attached hydrogens (tertiary/aromatic N) is 1. The van der Waals surface area contributed by atoms with Gasteiger partial charge in [0.25, 0.3) is 0 Å². The van der Waals surface area contributed by atoms with Crippen molar-refractivity contribution in [2.24, 2.45) is 5.92 Å². The second-order valence-electron chi connectivity index (χ2n) is 5.09. The Morgan fingerprint density at radius 1 is 1.40 bits per heavy atom.